The Bertz CT molecular complexity index is 276. The first kappa shape index (κ1) is 11.0. The van der Waals surface area contributed by atoms with E-state index in [1.54, 1.807) is 7.11 Å². The summed E-state index contributed by atoms with van der Waals surface area (Å²) in [7, 11) is 1.72. The Balaban J connectivity index is 2.57. The van der Waals surface area contributed by atoms with Crippen LogP contribution in [0.1, 0.15) is 19.0 Å². The zero-order valence-electron chi connectivity index (χ0n) is 9.08. The molecule has 0 aliphatic rings. The molecule has 1 aromatic rings. The van der Waals surface area contributed by atoms with Crippen LogP contribution in [0.3, 0.4) is 0 Å². The normalized spacial score (nSPS) is 12.5. The number of nitrogens with one attached hydrogen (secondary N) is 1. The lowest BCUT2D eigenvalue weighted by Gasteiger charge is -2.17. The van der Waals surface area contributed by atoms with Crippen molar-refractivity contribution < 1.29 is 4.74 Å². The second-order valence-corrected chi connectivity index (χ2v) is 3.39. The highest BCUT2D eigenvalue weighted by molar-refractivity contribution is 5.43. The van der Waals surface area contributed by atoms with Gasteiger partial charge in [-0.1, -0.05) is 6.92 Å². The summed E-state index contributed by atoms with van der Waals surface area (Å²) in [4.78, 5) is 4.15. The Morgan fingerprint density at radius 2 is 2.36 bits per heavy atom. The lowest BCUT2D eigenvalue weighted by Crippen LogP contribution is -2.23. The summed E-state index contributed by atoms with van der Waals surface area (Å²) in [6.07, 6.45) is 2.87. The molecule has 78 valence electrons. The molecular weight excluding hydrogens is 176 g/mol. The van der Waals surface area contributed by atoms with E-state index in [0.717, 1.165) is 24.4 Å². The van der Waals surface area contributed by atoms with Crippen LogP contribution in [0, 0.1) is 6.92 Å². The Kier molecular flexibility index (Phi) is 4.40. The van der Waals surface area contributed by atoms with Gasteiger partial charge in [-0.25, -0.2) is 0 Å². The molecule has 0 aromatic carbocycles. The minimum atomic E-state index is 0.377. The van der Waals surface area contributed by atoms with Gasteiger partial charge in [0.05, 0.1) is 6.61 Å². The third-order valence-corrected chi connectivity index (χ3v) is 2.13. The van der Waals surface area contributed by atoms with Gasteiger partial charge in [-0.3, -0.25) is 4.98 Å². The molecule has 0 aliphatic heterocycles. The fraction of sp³-hybridized carbons (Fsp3) is 0.545. The molecule has 1 heterocycles. The second-order valence-electron chi connectivity index (χ2n) is 3.39. The zero-order chi connectivity index (χ0) is 10.4. The van der Waals surface area contributed by atoms with Crippen LogP contribution in [0.25, 0.3) is 0 Å². The quantitative estimate of drug-likeness (QED) is 0.780. The Labute approximate surface area is 85.5 Å². The van der Waals surface area contributed by atoms with E-state index in [2.05, 4.69) is 17.2 Å². The van der Waals surface area contributed by atoms with Gasteiger partial charge in [0, 0.05) is 30.7 Å². The van der Waals surface area contributed by atoms with Gasteiger partial charge in [-0.15, -0.1) is 0 Å². The van der Waals surface area contributed by atoms with Crippen molar-refractivity contribution in [2.24, 2.45) is 0 Å². The van der Waals surface area contributed by atoms with Crippen molar-refractivity contribution in [3.05, 3.63) is 24.0 Å². The minimum absolute atomic E-state index is 0.377. The van der Waals surface area contributed by atoms with Crippen molar-refractivity contribution in [3.63, 3.8) is 0 Å². The van der Waals surface area contributed by atoms with Gasteiger partial charge in [0.25, 0.3) is 0 Å². The summed E-state index contributed by atoms with van der Waals surface area (Å²) < 4.78 is 5.12. The average Bonchev–Trinajstić information content (AvgIpc) is 2.17. The van der Waals surface area contributed by atoms with Crippen LogP contribution in [0.15, 0.2) is 18.3 Å². The van der Waals surface area contributed by atoms with Gasteiger partial charge in [0.2, 0.25) is 0 Å². The molecule has 14 heavy (non-hydrogen) atoms. The van der Waals surface area contributed by atoms with Gasteiger partial charge in [-0.05, 0) is 25.5 Å². The van der Waals surface area contributed by atoms with Crippen molar-refractivity contribution in [3.8, 4) is 0 Å². The fourth-order valence-electron chi connectivity index (χ4n) is 1.33. The van der Waals surface area contributed by atoms with Gasteiger partial charge in [-0.2, -0.15) is 0 Å². The number of aryl methyl sites for hydroxylation is 1. The summed E-state index contributed by atoms with van der Waals surface area (Å²) in [5.74, 6) is 0. The number of aromatic nitrogens is 1. The fourth-order valence-corrected chi connectivity index (χ4v) is 1.33. The van der Waals surface area contributed by atoms with Crippen LogP contribution in [0.5, 0.6) is 0 Å². The molecule has 1 rings (SSSR count). The first-order valence-electron chi connectivity index (χ1n) is 4.94. The van der Waals surface area contributed by atoms with E-state index < -0.39 is 0 Å². The van der Waals surface area contributed by atoms with Crippen LogP contribution in [0.2, 0.25) is 0 Å². The maximum absolute atomic E-state index is 5.12. The van der Waals surface area contributed by atoms with Crippen molar-refractivity contribution in [2.75, 3.05) is 19.0 Å². The maximum atomic E-state index is 5.12. The van der Waals surface area contributed by atoms with Gasteiger partial charge in [0.1, 0.15) is 0 Å². The second kappa shape index (κ2) is 5.60. The van der Waals surface area contributed by atoms with Crippen molar-refractivity contribution >= 4 is 5.69 Å². The third-order valence-electron chi connectivity index (χ3n) is 2.13. The highest BCUT2D eigenvalue weighted by Gasteiger charge is 2.04. The van der Waals surface area contributed by atoms with Crippen molar-refractivity contribution in [1.82, 2.24) is 4.98 Å². The molecule has 0 saturated carbocycles. The topological polar surface area (TPSA) is 34.1 Å². The molecule has 0 bridgehead atoms. The SMILES string of the molecule is CCC(COC)Nc1ccnc(C)c1. The summed E-state index contributed by atoms with van der Waals surface area (Å²) in [5, 5.41) is 3.41. The number of hydrogen-bond donors (Lipinski definition) is 1. The number of nitrogens with zero attached hydrogens (tertiary/aromatic N) is 1. The van der Waals surface area contributed by atoms with E-state index in [0.29, 0.717) is 6.04 Å². The first-order chi connectivity index (χ1) is 6.76. The number of rotatable bonds is 5. The molecule has 1 aromatic heterocycles. The van der Waals surface area contributed by atoms with E-state index in [1.807, 2.05) is 25.3 Å². The van der Waals surface area contributed by atoms with E-state index >= 15 is 0 Å². The summed E-state index contributed by atoms with van der Waals surface area (Å²) >= 11 is 0. The van der Waals surface area contributed by atoms with Gasteiger partial charge >= 0.3 is 0 Å². The summed E-state index contributed by atoms with van der Waals surface area (Å²) in [5.41, 5.74) is 2.14. The van der Waals surface area contributed by atoms with Gasteiger partial charge in [0.15, 0.2) is 0 Å². The molecular formula is C11H18N2O. The van der Waals surface area contributed by atoms with Crippen molar-refractivity contribution in [1.29, 1.82) is 0 Å². The molecule has 0 spiro atoms. The van der Waals surface area contributed by atoms with E-state index in [4.69, 9.17) is 4.74 Å². The predicted octanol–water partition coefficient (Wildman–Crippen LogP) is 2.23. The van der Waals surface area contributed by atoms with E-state index in [-0.39, 0.29) is 0 Å². The Hall–Kier alpha value is -1.09. The standard InChI is InChI=1S/C11H18N2O/c1-4-10(8-14-3)13-11-5-6-12-9(2)7-11/h5-7,10H,4,8H2,1-3H3,(H,12,13). The molecule has 0 saturated heterocycles. The molecule has 1 N–H and O–H groups in total. The van der Waals surface area contributed by atoms with Crippen LogP contribution < -0.4 is 5.32 Å². The highest BCUT2D eigenvalue weighted by atomic mass is 16.5. The third kappa shape index (κ3) is 3.34. The first-order valence-corrected chi connectivity index (χ1v) is 4.94. The summed E-state index contributed by atoms with van der Waals surface area (Å²) in [6, 6.07) is 4.39. The van der Waals surface area contributed by atoms with Crippen LogP contribution in [-0.2, 0) is 4.74 Å². The minimum Gasteiger partial charge on any atom is -0.383 e. The Morgan fingerprint density at radius 1 is 1.57 bits per heavy atom. The molecule has 0 fully saturated rings. The average molecular weight is 194 g/mol. The molecule has 0 radical (unpaired) electrons. The molecule has 0 aliphatic carbocycles. The summed E-state index contributed by atoms with van der Waals surface area (Å²) in [6.45, 7) is 4.87. The molecule has 3 heteroatoms. The largest absolute Gasteiger partial charge is 0.383 e. The van der Waals surface area contributed by atoms with Crippen molar-refractivity contribution in [2.45, 2.75) is 26.3 Å². The number of hydrogen-bond acceptors (Lipinski definition) is 3. The lowest BCUT2D eigenvalue weighted by atomic mass is 10.2. The van der Waals surface area contributed by atoms with E-state index in [1.165, 1.54) is 0 Å². The molecule has 3 nitrogen and oxygen atoms in total. The number of methoxy groups -OCH3 is 1. The van der Waals surface area contributed by atoms with Crippen LogP contribution in [-0.4, -0.2) is 24.7 Å². The predicted molar refractivity (Wildman–Crippen MR) is 58.6 cm³/mol. The maximum Gasteiger partial charge on any atom is 0.0663 e. The van der Waals surface area contributed by atoms with Crippen LogP contribution >= 0.6 is 0 Å². The van der Waals surface area contributed by atoms with Gasteiger partial charge < -0.3 is 10.1 Å². The molecule has 1 atom stereocenters. The number of ether oxygens (including phenoxy) is 1. The zero-order valence-corrected chi connectivity index (χ0v) is 9.08. The number of pyridine rings is 1. The molecule has 0 amide bonds. The smallest absolute Gasteiger partial charge is 0.0663 e. The van der Waals surface area contributed by atoms with E-state index in [9.17, 15) is 0 Å². The lowest BCUT2D eigenvalue weighted by molar-refractivity contribution is 0.184. The monoisotopic (exact) mass is 194 g/mol. The number of anilines is 1. The highest BCUT2D eigenvalue weighted by Crippen LogP contribution is 2.10. The molecule has 1 unspecified atom stereocenters. The Morgan fingerprint density at radius 3 is 2.93 bits per heavy atom. The van der Waals surface area contributed by atoms with Crippen LogP contribution in [0.4, 0.5) is 5.69 Å².